The molecule has 1 N–H and O–H groups in total. The van der Waals surface area contributed by atoms with Gasteiger partial charge in [0.1, 0.15) is 23.3 Å². The molecule has 34 heavy (non-hydrogen) atoms. The molecule has 2 amide bonds. The van der Waals surface area contributed by atoms with Crippen molar-refractivity contribution in [3.63, 3.8) is 0 Å². The van der Waals surface area contributed by atoms with E-state index in [1.165, 1.54) is 16.9 Å². The number of esters is 1. The molecule has 0 saturated carbocycles. The minimum atomic E-state index is -0.963. The fraction of sp³-hybridized carbons (Fsp3) is 0.833. The maximum atomic E-state index is 11.9. The quantitative estimate of drug-likeness (QED) is 0.454. The zero-order valence-electron chi connectivity index (χ0n) is 21.3. The highest BCUT2D eigenvalue weighted by Crippen LogP contribution is 2.26. The Hall–Kier alpha value is -2.52. The molecule has 2 aliphatic rings. The molecule has 2 fully saturated rings. The Morgan fingerprint density at radius 2 is 1.12 bits per heavy atom. The number of carbonyl (C=O) groups excluding carboxylic acids is 3. The van der Waals surface area contributed by atoms with Gasteiger partial charge in [-0.05, 0) is 66.2 Å². The van der Waals surface area contributed by atoms with E-state index >= 15 is 0 Å². The number of carbonyl (C=O) groups is 4. The first-order valence-corrected chi connectivity index (χ1v) is 11.2. The first kappa shape index (κ1) is 31.5. The van der Waals surface area contributed by atoms with E-state index in [1.807, 2.05) is 13.8 Å². The SMILES string of the molecule is C.COC(=O)[C@H]1C[C@@H](C)CN1C(=O)OC(C)(C)C.C[C@@H]1C[C@H](C(=O)O)N(C(=O)OC(C)(C)C)C1. The average molecular weight is 489 g/mol. The molecule has 0 aliphatic carbocycles. The molecule has 0 aromatic rings. The van der Waals surface area contributed by atoms with Gasteiger partial charge in [-0.15, -0.1) is 0 Å². The van der Waals surface area contributed by atoms with Crippen LogP contribution in [0.3, 0.4) is 0 Å². The zero-order valence-corrected chi connectivity index (χ0v) is 21.3. The number of aliphatic carboxylic acids is 1. The number of rotatable bonds is 2. The maximum absolute atomic E-state index is 11.9. The summed E-state index contributed by atoms with van der Waals surface area (Å²) in [5.74, 6) is -0.851. The van der Waals surface area contributed by atoms with Gasteiger partial charge in [-0.2, -0.15) is 0 Å². The van der Waals surface area contributed by atoms with E-state index in [4.69, 9.17) is 19.3 Å². The maximum Gasteiger partial charge on any atom is 0.411 e. The number of nitrogens with zero attached hydrogens (tertiary/aromatic N) is 2. The molecule has 2 heterocycles. The van der Waals surface area contributed by atoms with E-state index in [-0.39, 0.29) is 25.2 Å². The van der Waals surface area contributed by atoms with Crippen LogP contribution in [0.25, 0.3) is 0 Å². The predicted octanol–water partition coefficient (Wildman–Crippen LogP) is 4.16. The number of likely N-dealkylation sites (tertiary alicyclic amines) is 2. The van der Waals surface area contributed by atoms with Crippen molar-refractivity contribution in [2.75, 3.05) is 20.2 Å². The summed E-state index contributed by atoms with van der Waals surface area (Å²) in [5.41, 5.74) is -1.14. The van der Waals surface area contributed by atoms with Gasteiger partial charge in [-0.25, -0.2) is 19.2 Å². The molecule has 2 saturated heterocycles. The molecular weight excluding hydrogens is 444 g/mol. The van der Waals surface area contributed by atoms with Crippen LogP contribution in [-0.4, -0.2) is 82.5 Å². The summed E-state index contributed by atoms with van der Waals surface area (Å²) in [6, 6.07) is -1.25. The summed E-state index contributed by atoms with van der Waals surface area (Å²) in [7, 11) is 1.33. The van der Waals surface area contributed by atoms with Crippen molar-refractivity contribution in [2.45, 2.75) is 98.9 Å². The highest BCUT2D eigenvalue weighted by atomic mass is 16.6. The molecule has 0 spiro atoms. The summed E-state index contributed by atoms with van der Waals surface area (Å²) in [4.78, 5) is 49.0. The van der Waals surface area contributed by atoms with E-state index < -0.39 is 41.4 Å². The van der Waals surface area contributed by atoms with Gasteiger partial charge < -0.3 is 19.3 Å². The van der Waals surface area contributed by atoms with Crippen molar-refractivity contribution in [1.82, 2.24) is 9.80 Å². The molecule has 10 nitrogen and oxygen atoms in total. The molecule has 2 aliphatic heterocycles. The minimum absolute atomic E-state index is 0. The number of amides is 2. The van der Waals surface area contributed by atoms with E-state index in [9.17, 15) is 19.2 Å². The molecule has 0 aromatic heterocycles. The van der Waals surface area contributed by atoms with Gasteiger partial charge in [0.05, 0.1) is 7.11 Å². The predicted molar refractivity (Wildman–Crippen MR) is 127 cm³/mol. The second-order valence-electron chi connectivity index (χ2n) is 10.8. The number of carboxylic acid groups (broad SMARTS) is 1. The number of methoxy groups -OCH3 is 1. The third-order valence-corrected chi connectivity index (χ3v) is 5.03. The average Bonchev–Trinajstić information content (AvgIpc) is 3.22. The van der Waals surface area contributed by atoms with Crippen LogP contribution in [0.5, 0.6) is 0 Å². The van der Waals surface area contributed by atoms with Crippen molar-refractivity contribution in [3.8, 4) is 0 Å². The van der Waals surface area contributed by atoms with Crippen LogP contribution in [0.15, 0.2) is 0 Å². The van der Waals surface area contributed by atoms with Gasteiger partial charge >= 0.3 is 24.1 Å². The highest BCUT2D eigenvalue weighted by molar-refractivity contribution is 5.82. The second-order valence-corrected chi connectivity index (χ2v) is 10.8. The van der Waals surface area contributed by atoms with Crippen LogP contribution >= 0.6 is 0 Å². The van der Waals surface area contributed by atoms with Crippen LogP contribution < -0.4 is 0 Å². The lowest BCUT2D eigenvalue weighted by molar-refractivity contribution is -0.145. The Kier molecular flexibility index (Phi) is 11.4. The Balaban J connectivity index is 0.000000623. The Labute approximate surface area is 203 Å². The van der Waals surface area contributed by atoms with Crippen molar-refractivity contribution < 1.29 is 38.5 Å². The fourth-order valence-electron chi connectivity index (χ4n) is 3.73. The lowest BCUT2D eigenvalue weighted by Crippen LogP contribution is -2.43. The molecule has 4 atom stereocenters. The highest BCUT2D eigenvalue weighted by Gasteiger charge is 2.41. The topological polar surface area (TPSA) is 123 Å². The zero-order chi connectivity index (χ0) is 25.7. The first-order valence-electron chi connectivity index (χ1n) is 11.2. The third-order valence-electron chi connectivity index (χ3n) is 5.03. The Bertz CT molecular complexity index is 725. The van der Waals surface area contributed by atoms with Crippen LogP contribution in [-0.2, 0) is 23.8 Å². The summed E-state index contributed by atoms with van der Waals surface area (Å²) in [6.45, 7) is 15.6. The third kappa shape index (κ3) is 9.77. The number of ether oxygens (including phenoxy) is 3. The molecule has 198 valence electrons. The van der Waals surface area contributed by atoms with Crippen LogP contribution in [0.2, 0.25) is 0 Å². The van der Waals surface area contributed by atoms with Crippen molar-refractivity contribution in [1.29, 1.82) is 0 Å². The summed E-state index contributed by atoms with van der Waals surface area (Å²) >= 11 is 0. The minimum Gasteiger partial charge on any atom is -0.480 e. The number of carboxylic acids is 1. The van der Waals surface area contributed by atoms with E-state index in [0.29, 0.717) is 25.9 Å². The molecule has 0 aromatic carbocycles. The molecule has 0 radical (unpaired) electrons. The van der Waals surface area contributed by atoms with E-state index in [1.54, 1.807) is 41.5 Å². The lowest BCUT2D eigenvalue weighted by atomic mass is 10.1. The smallest absolute Gasteiger partial charge is 0.411 e. The monoisotopic (exact) mass is 488 g/mol. The molecule has 0 unspecified atom stereocenters. The van der Waals surface area contributed by atoms with Crippen LogP contribution in [0.1, 0.15) is 75.7 Å². The van der Waals surface area contributed by atoms with E-state index in [2.05, 4.69) is 0 Å². The van der Waals surface area contributed by atoms with Gasteiger partial charge in [0, 0.05) is 13.1 Å². The molecule has 2 rings (SSSR count). The van der Waals surface area contributed by atoms with Gasteiger partial charge in [0.25, 0.3) is 0 Å². The lowest BCUT2D eigenvalue weighted by Gasteiger charge is -2.27. The van der Waals surface area contributed by atoms with Crippen LogP contribution in [0.4, 0.5) is 9.59 Å². The number of hydrogen-bond acceptors (Lipinski definition) is 7. The van der Waals surface area contributed by atoms with Crippen molar-refractivity contribution in [2.24, 2.45) is 11.8 Å². The second kappa shape index (κ2) is 12.3. The van der Waals surface area contributed by atoms with Gasteiger partial charge in [0.15, 0.2) is 0 Å². The molecule has 0 bridgehead atoms. The Morgan fingerprint density at radius 1 is 0.765 bits per heavy atom. The summed E-state index contributed by atoms with van der Waals surface area (Å²) < 4.78 is 15.2. The standard InChI is InChI=1S/C12H21NO4.C11H19NO4.CH4/c1-8-6-9(10(14)16-5)13(7-8)11(15)17-12(2,3)4;1-7-5-8(9(13)14)12(6-7)10(15)16-11(2,3)4;/h8-9H,6-7H2,1-5H3;7-8H,5-6H2,1-4H3,(H,13,14);1H4/t8-,9-;7-,8-;/m11./s1. The normalized spacial score (nSPS) is 24.4. The summed E-state index contributed by atoms with van der Waals surface area (Å²) in [5, 5.41) is 9.00. The first-order chi connectivity index (χ1) is 14.9. The summed E-state index contributed by atoms with van der Waals surface area (Å²) in [6.07, 6.45) is 0.141. The van der Waals surface area contributed by atoms with Gasteiger partial charge in [0.2, 0.25) is 0 Å². The number of hydrogen-bond donors (Lipinski definition) is 1. The largest absolute Gasteiger partial charge is 0.480 e. The van der Waals surface area contributed by atoms with Crippen LogP contribution in [0, 0.1) is 11.8 Å². The van der Waals surface area contributed by atoms with Gasteiger partial charge in [-0.1, -0.05) is 21.3 Å². The van der Waals surface area contributed by atoms with Crippen molar-refractivity contribution in [3.05, 3.63) is 0 Å². The molecular formula is C24H44N2O8. The van der Waals surface area contributed by atoms with E-state index in [0.717, 1.165) is 0 Å². The van der Waals surface area contributed by atoms with Gasteiger partial charge in [-0.3, -0.25) is 9.80 Å². The molecule has 10 heteroatoms. The fourth-order valence-corrected chi connectivity index (χ4v) is 3.73. The van der Waals surface area contributed by atoms with Crippen molar-refractivity contribution >= 4 is 24.1 Å². The Morgan fingerprint density at radius 3 is 1.44 bits per heavy atom.